The van der Waals surface area contributed by atoms with Gasteiger partial charge in [-0.05, 0) is 40.6 Å². The van der Waals surface area contributed by atoms with E-state index in [2.05, 4.69) is 48.1 Å². The molecular formula is C11H18BrNS2. The largest absolute Gasteiger partial charge is 0.327 e. The second-order valence-corrected chi connectivity index (χ2v) is 7.21. The number of nitrogens with two attached hydrogens (primary N) is 1. The first-order chi connectivity index (χ1) is 7.00. The molecule has 0 aliphatic heterocycles. The summed E-state index contributed by atoms with van der Waals surface area (Å²) < 4.78 is 1.17. The van der Waals surface area contributed by atoms with E-state index in [-0.39, 0.29) is 6.04 Å². The number of thioether (sulfide) groups is 1. The highest BCUT2D eigenvalue weighted by molar-refractivity contribution is 9.10. The maximum atomic E-state index is 6.03. The lowest BCUT2D eigenvalue weighted by molar-refractivity contribution is 0.712. The molecular weight excluding hydrogens is 290 g/mol. The van der Waals surface area contributed by atoms with Crippen molar-refractivity contribution in [2.45, 2.75) is 32.1 Å². The summed E-state index contributed by atoms with van der Waals surface area (Å²) in [5.74, 6) is 1.89. The quantitative estimate of drug-likeness (QED) is 0.878. The second-order valence-electron chi connectivity index (χ2n) is 4.17. The Bertz CT molecular complexity index is 297. The number of hydrogen-bond donors (Lipinski definition) is 1. The van der Waals surface area contributed by atoms with Crippen LogP contribution in [0.1, 0.15) is 30.9 Å². The molecule has 0 fully saturated rings. The van der Waals surface area contributed by atoms with Gasteiger partial charge in [-0.25, -0.2) is 0 Å². The molecule has 0 saturated carbocycles. The first-order valence-electron chi connectivity index (χ1n) is 5.11. The summed E-state index contributed by atoms with van der Waals surface area (Å²) in [6.07, 6.45) is 0. The normalized spacial score (nSPS) is 15.6. The third kappa shape index (κ3) is 4.47. The monoisotopic (exact) mass is 307 g/mol. The molecule has 0 saturated heterocycles. The zero-order valence-corrected chi connectivity index (χ0v) is 12.6. The molecule has 1 aromatic rings. The molecule has 86 valence electrons. The lowest BCUT2D eigenvalue weighted by Gasteiger charge is -2.19. The van der Waals surface area contributed by atoms with Crippen LogP contribution in [-0.4, -0.2) is 11.8 Å². The van der Waals surface area contributed by atoms with Gasteiger partial charge in [-0.15, -0.1) is 11.3 Å². The van der Waals surface area contributed by atoms with Crippen molar-refractivity contribution in [1.29, 1.82) is 0 Å². The molecule has 0 bridgehead atoms. The molecule has 0 amide bonds. The van der Waals surface area contributed by atoms with Crippen LogP contribution >= 0.6 is 39.0 Å². The first kappa shape index (κ1) is 13.6. The van der Waals surface area contributed by atoms with Gasteiger partial charge < -0.3 is 5.73 Å². The average Bonchev–Trinajstić information content (AvgIpc) is 2.51. The molecule has 1 heterocycles. The molecule has 4 heteroatoms. The molecule has 0 aliphatic rings. The molecule has 0 spiro atoms. The van der Waals surface area contributed by atoms with Crippen molar-refractivity contribution in [3.8, 4) is 0 Å². The molecule has 1 rings (SSSR count). The lowest BCUT2D eigenvalue weighted by atomic mass is 10.2. The number of thiophene rings is 1. The van der Waals surface area contributed by atoms with Crippen LogP contribution in [0.5, 0.6) is 0 Å². The summed E-state index contributed by atoms with van der Waals surface area (Å²) in [6, 6.07) is 2.39. The van der Waals surface area contributed by atoms with E-state index >= 15 is 0 Å². The maximum absolute atomic E-state index is 6.03. The minimum Gasteiger partial charge on any atom is -0.327 e. The van der Waals surface area contributed by atoms with Crippen molar-refractivity contribution >= 4 is 39.0 Å². The molecule has 0 aromatic carbocycles. The molecule has 2 unspecified atom stereocenters. The van der Waals surface area contributed by atoms with Crippen LogP contribution in [0.15, 0.2) is 15.9 Å². The predicted molar refractivity (Wildman–Crippen MR) is 75.7 cm³/mol. The highest BCUT2D eigenvalue weighted by Crippen LogP contribution is 2.37. The molecule has 0 radical (unpaired) electrons. The fourth-order valence-electron chi connectivity index (χ4n) is 1.27. The van der Waals surface area contributed by atoms with Gasteiger partial charge in [0.05, 0.1) is 5.25 Å². The summed E-state index contributed by atoms with van der Waals surface area (Å²) in [5.41, 5.74) is 6.03. The summed E-state index contributed by atoms with van der Waals surface area (Å²) in [5, 5.41) is 2.56. The average molecular weight is 308 g/mol. The predicted octanol–water partition coefficient (Wildman–Crippen LogP) is 4.29. The molecule has 1 aromatic heterocycles. The van der Waals surface area contributed by atoms with E-state index < -0.39 is 0 Å². The molecule has 15 heavy (non-hydrogen) atoms. The van der Waals surface area contributed by atoms with E-state index in [9.17, 15) is 0 Å². The Labute approximate surface area is 109 Å². The Kier molecular flexibility index (Phi) is 5.68. The third-order valence-electron chi connectivity index (χ3n) is 1.95. The van der Waals surface area contributed by atoms with E-state index in [1.807, 2.05) is 11.8 Å². The standard InChI is InChI=1S/C11H18BrNS2/c1-7(2)5-15-11(8(3)13)10-4-9(12)6-14-10/h4,6-8,11H,5,13H2,1-3H3. The summed E-state index contributed by atoms with van der Waals surface area (Å²) in [6.45, 7) is 6.58. The van der Waals surface area contributed by atoms with Crippen molar-refractivity contribution < 1.29 is 0 Å². The van der Waals surface area contributed by atoms with E-state index in [1.54, 1.807) is 11.3 Å². The number of rotatable bonds is 5. The van der Waals surface area contributed by atoms with Crippen LogP contribution in [0.3, 0.4) is 0 Å². The second kappa shape index (κ2) is 6.28. The molecule has 2 N–H and O–H groups in total. The maximum Gasteiger partial charge on any atom is 0.0539 e. The molecule has 1 nitrogen and oxygen atoms in total. The van der Waals surface area contributed by atoms with E-state index in [1.165, 1.54) is 15.1 Å². The fourth-order valence-corrected chi connectivity index (χ4v) is 4.30. The lowest BCUT2D eigenvalue weighted by Crippen LogP contribution is -2.22. The van der Waals surface area contributed by atoms with Crippen molar-refractivity contribution in [3.05, 3.63) is 20.8 Å². The topological polar surface area (TPSA) is 26.0 Å². The van der Waals surface area contributed by atoms with E-state index in [0.29, 0.717) is 5.25 Å². The summed E-state index contributed by atoms with van der Waals surface area (Å²) in [4.78, 5) is 1.38. The Morgan fingerprint density at radius 3 is 2.53 bits per heavy atom. The Morgan fingerprint density at radius 1 is 1.47 bits per heavy atom. The van der Waals surface area contributed by atoms with Crippen LogP contribution in [0.4, 0.5) is 0 Å². The highest BCUT2D eigenvalue weighted by Gasteiger charge is 2.18. The van der Waals surface area contributed by atoms with Crippen molar-refractivity contribution in [3.63, 3.8) is 0 Å². The Hall–Kier alpha value is 0.490. The minimum atomic E-state index is 0.208. The summed E-state index contributed by atoms with van der Waals surface area (Å²) in [7, 11) is 0. The van der Waals surface area contributed by atoms with Gasteiger partial charge in [-0.2, -0.15) is 11.8 Å². The molecule has 0 aliphatic carbocycles. The van der Waals surface area contributed by atoms with Crippen LogP contribution in [-0.2, 0) is 0 Å². The molecule has 2 atom stereocenters. The van der Waals surface area contributed by atoms with Gasteiger partial charge in [0.15, 0.2) is 0 Å². The van der Waals surface area contributed by atoms with Crippen LogP contribution < -0.4 is 5.73 Å². The fraction of sp³-hybridized carbons (Fsp3) is 0.636. The Morgan fingerprint density at radius 2 is 2.13 bits per heavy atom. The first-order valence-corrected chi connectivity index (χ1v) is 7.84. The zero-order chi connectivity index (χ0) is 11.4. The summed E-state index contributed by atoms with van der Waals surface area (Å²) >= 11 is 7.25. The smallest absolute Gasteiger partial charge is 0.0539 e. The highest BCUT2D eigenvalue weighted by atomic mass is 79.9. The SMILES string of the molecule is CC(C)CSC(c1cc(Br)cs1)C(C)N. The number of hydrogen-bond acceptors (Lipinski definition) is 3. The van der Waals surface area contributed by atoms with Gasteiger partial charge in [-0.3, -0.25) is 0 Å². The van der Waals surface area contributed by atoms with Crippen molar-refractivity contribution in [2.24, 2.45) is 11.7 Å². The van der Waals surface area contributed by atoms with Crippen LogP contribution in [0.25, 0.3) is 0 Å². The van der Waals surface area contributed by atoms with Gasteiger partial charge >= 0.3 is 0 Å². The van der Waals surface area contributed by atoms with E-state index in [4.69, 9.17) is 5.73 Å². The Balaban J connectivity index is 2.66. The van der Waals surface area contributed by atoms with Gasteiger partial charge in [0.1, 0.15) is 0 Å². The van der Waals surface area contributed by atoms with Gasteiger partial charge in [-0.1, -0.05) is 13.8 Å². The van der Waals surface area contributed by atoms with Gasteiger partial charge in [0, 0.05) is 20.8 Å². The van der Waals surface area contributed by atoms with Crippen LogP contribution in [0.2, 0.25) is 0 Å². The van der Waals surface area contributed by atoms with Crippen molar-refractivity contribution in [2.75, 3.05) is 5.75 Å². The van der Waals surface area contributed by atoms with E-state index in [0.717, 1.165) is 5.92 Å². The van der Waals surface area contributed by atoms with Crippen LogP contribution in [0, 0.1) is 5.92 Å². The van der Waals surface area contributed by atoms with Crippen molar-refractivity contribution in [1.82, 2.24) is 0 Å². The number of halogens is 1. The zero-order valence-electron chi connectivity index (χ0n) is 9.37. The van der Waals surface area contributed by atoms with Gasteiger partial charge in [0.2, 0.25) is 0 Å². The third-order valence-corrected chi connectivity index (χ3v) is 5.78. The minimum absolute atomic E-state index is 0.208. The van der Waals surface area contributed by atoms with Gasteiger partial charge in [0.25, 0.3) is 0 Å².